The van der Waals surface area contributed by atoms with Crippen LogP contribution in [-0.2, 0) is 4.74 Å². The molecule has 0 bridgehead atoms. The van der Waals surface area contributed by atoms with Gasteiger partial charge in [-0.15, -0.1) is 24.0 Å². The molecule has 1 aliphatic carbocycles. The number of benzene rings is 1. The van der Waals surface area contributed by atoms with E-state index < -0.39 is 0 Å². The van der Waals surface area contributed by atoms with E-state index in [1.807, 2.05) is 12.1 Å². The van der Waals surface area contributed by atoms with Crippen LogP contribution in [-0.4, -0.2) is 56.3 Å². The monoisotopic (exact) mass is 492 g/mol. The number of nitrogens with zero attached hydrogens (tertiary/aromatic N) is 2. The molecular weight excluding hydrogens is 463 g/mol. The average molecular weight is 493 g/mol. The van der Waals surface area contributed by atoms with E-state index in [1.165, 1.54) is 12.0 Å². The SMILES string of the molecule is CCNC(=NCC(c1ccc(Cl)cc1)N1CCOCC1)NC1CC1C.I. The molecule has 2 aliphatic rings. The van der Waals surface area contributed by atoms with Crippen LogP contribution in [0.25, 0.3) is 0 Å². The van der Waals surface area contributed by atoms with Gasteiger partial charge in [0.1, 0.15) is 0 Å². The zero-order chi connectivity index (χ0) is 17.6. The van der Waals surface area contributed by atoms with E-state index in [0.29, 0.717) is 6.04 Å². The van der Waals surface area contributed by atoms with Gasteiger partial charge in [-0.1, -0.05) is 30.7 Å². The third-order valence-electron chi connectivity index (χ3n) is 4.94. The Balaban J connectivity index is 0.00000243. The molecule has 2 N–H and O–H groups in total. The lowest BCUT2D eigenvalue weighted by Crippen LogP contribution is -2.42. The van der Waals surface area contributed by atoms with Crippen molar-refractivity contribution in [3.05, 3.63) is 34.9 Å². The standard InChI is InChI=1S/C19H29ClN4O.HI/c1-3-21-19(23-17-12-14(17)2)22-13-18(24-8-10-25-11-9-24)15-4-6-16(20)7-5-15;/h4-7,14,17-18H,3,8-13H2,1-2H3,(H2,21,22,23);1H. The van der Waals surface area contributed by atoms with Gasteiger partial charge in [-0.2, -0.15) is 0 Å². The van der Waals surface area contributed by atoms with Crippen LogP contribution in [0, 0.1) is 5.92 Å². The molecule has 1 saturated heterocycles. The number of rotatable bonds is 6. The Morgan fingerprint density at radius 1 is 1.31 bits per heavy atom. The van der Waals surface area contributed by atoms with E-state index in [1.54, 1.807) is 0 Å². The van der Waals surface area contributed by atoms with Gasteiger partial charge >= 0.3 is 0 Å². The first-order chi connectivity index (χ1) is 12.2. The van der Waals surface area contributed by atoms with Gasteiger partial charge in [0, 0.05) is 30.7 Å². The molecule has 3 unspecified atom stereocenters. The summed E-state index contributed by atoms with van der Waals surface area (Å²) in [7, 11) is 0. The van der Waals surface area contributed by atoms with Crippen LogP contribution in [0.2, 0.25) is 5.02 Å². The highest BCUT2D eigenvalue weighted by Gasteiger charge is 2.33. The van der Waals surface area contributed by atoms with E-state index in [-0.39, 0.29) is 30.0 Å². The maximum atomic E-state index is 6.07. The first kappa shape index (κ1) is 21.7. The maximum absolute atomic E-state index is 6.07. The topological polar surface area (TPSA) is 48.9 Å². The molecule has 0 spiro atoms. The zero-order valence-electron chi connectivity index (χ0n) is 15.6. The van der Waals surface area contributed by atoms with Gasteiger partial charge < -0.3 is 15.4 Å². The molecule has 7 heteroatoms. The number of hydrogen-bond acceptors (Lipinski definition) is 3. The summed E-state index contributed by atoms with van der Waals surface area (Å²) in [6.07, 6.45) is 1.23. The Morgan fingerprint density at radius 2 is 1.96 bits per heavy atom. The first-order valence-electron chi connectivity index (χ1n) is 9.29. The molecule has 146 valence electrons. The average Bonchev–Trinajstić information content (AvgIpc) is 3.32. The fourth-order valence-electron chi connectivity index (χ4n) is 3.20. The Morgan fingerprint density at radius 3 is 2.54 bits per heavy atom. The second kappa shape index (κ2) is 10.7. The van der Waals surface area contributed by atoms with Gasteiger partial charge in [-0.3, -0.25) is 9.89 Å². The molecule has 26 heavy (non-hydrogen) atoms. The van der Waals surface area contributed by atoms with Crippen LogP contribution in [0.3, 0.4) is 0 Å². The van der Waals surface area contributed by atoms with Gasteiger partial charge in [0.25, 0.3) is 0 Å². The lowest BCUT2D eigenvalue weighted by atomic mass is 10.0. The molecule has 3 rings (SSSR count). The second-order valence-electron chi connectivity index (χ2n) is 6.90. The summed E-state index contributed by atoms with van der Waals surface area (Å²) >= 11 is 6.07. The van der Waals surface area contributed by atoms with Crippen molar-refractivity contribution in [3.8, 4) is 0 Å². The van der Waals surface area contributed by atoms with Crippen LogP contribution in [0.1, 0.15) is 31.9 Å². The number of hydrogen-bond donors (Lipinski definition) is 2. The van der Waals surface area contributed by atoms with Crippen LogP contribution in [0.4, 0.5) is 0 Å². The van der Waals surface area contributed by atoms with Crippen LogP contribution in [0.5, 0.6) is 0 Å². The number of guanidine groups is 1. The Hall–Kier alpha value is -0.570. The minimum absolute atomic E-state index is 0. The Kier molecular flexibility index (Phi) is 8.93. The third-order valence-corrected chi connectivity index (χ3v) is 5.19. The quantitative estimate of drug-likeness (QED) is 0.363. The molecule has 1 aliphatic heterocycles. The normalized spacial score (nSPS) is 24.5. The second-order valence-corrected chi connectivity index (χ2v) is 7.34. The van der Waals surface area contributed by atoms with Gasteiger partial charge in [-0.25, -0.2) is 0 Å². The lowest BCUT2D eigenvalue weighted by Gasteiger charge is -2.34. The highest BCUT2D eigenvalue weighted by Crippen LogP contribution is 2.29. The maximum Gasteiger partial charge on any atom is 0.191 e. The number of morpholine rings is 1. The number of halogens is 2. The van der Waals surface area contributed by atoms with Gasteiger partial charge in [0.2, 0.25) is 0 Å². The largest absolute Gasteiger partial charge is 0.379 e. The molecule has 1 aromatic rings. The first-order valence-corrected chi connectivity index (χ1v) is 9.67. The summed E-state index contributed by atoms with van der Waals surface area (Å²) in [5, 5.41) is 7.67. The Bertz CT molecular complexity index is 577. The third kappa shape index (κ3) is 6.25. The summed E-state index contributed by atoms with van der Waals surface area (Å²) in [5.74, 6) is 1.67. The molecule has 2 fully saturated rings. The van der Waals surface area contributed by atoms with Gasteiger partial charge in [-0.05, 0) is 37.0 Å². The molecule has 3 atom stereocenters. The summed E-state index contributed by atoms with van der Waals surface area (Å²) in [6, 6.07) is 8.96. The summed E-state index contributed by atoms with van der Waals surface area (Å²) in [6.45, 7) is 9.40. The summed E-state index contributed by atoms with van der Waals surface area (Å²) in [5.41, 5.74) is 1.26. The van der Waals surface area contributed by atoms with Crippen molar-refractivity contribution < 1.29 is 4.74 Å². The van der Waals surface area contributed by atoms with Gasteiger partial charge in [0.05, 0.1) is 25.8 Å². The fourth-order valence-corrected chi connectivity index (χ4v) is 3.33. The number of nitrogens with one attached hydrogen (secondary N) is 2. The van der Waals surface area contributed by atoms with Crippen molar-refractivity contribution in [2.24, 2.45) is 10.9 Å². The molecule has 0 amide bonds. The van der Waals surface area contributed by atoms with Crippen molar-refractivity contribution in [3.63, 3.8) is 0 Å². The van der Waals surface area contributed by atoms with E-state index in [0.717, 1.165) is 56.3 Å². The molecule has 1 saturated carbocycles. The molecular formula is C19H30ClIN4O. The highest BCUT2D eigenvalue weighted by atomic mass is 127. The molecule has 1 aromatic carbocycles. The van der Waals surface area contributed by atoms with E-state index >= 15 is 0 Å². The minimum atomic E-state index is 0. The van der Waals surface area contributed by atoms with Gasteiger partial charge in [0.15, 0.2) is 5.96 Å². The highest BCUT2D eigenvalue weighted by molar-refractivity contribution is 14.0. The van der Waals surface area contributed by atoms with Crippen molar-refractivity contribution >= 4 is 41.5 Å². The van der Waals surface area contributed by atoms with Crippen molar-refractivity contribution in [2.75, 3.05) is 39.4 Å². The number of ether oxygens (including phenoxy) is 1. The number of aliphatic imine (C=N–C) groups is 1. The predicted molar refractivity (Wildman–Crippen MR) is 119 cm³/mol. The Labute approximate surface area is 178 Å². The molecule has 0 radical (unpaired) electrons. The van der Waals surface area contributed by atoms with E-state index in [2.05, 4.69) is 41.5 Å². The zero-order valence-corrected chi connectivity index (χ0v) is 18.7. The van der Waals surface area contributed by atoms with Crippen LogP contribution in [0.15, 0.2) is 29.3 Å². The van der Waals surface area contributed by atoms with E-state index in [9.17, 15) is 0 Å². The molecule has 5 nitrogen and oxygen atoms in total. The minimum Gasteiger partial charge on any atom is -0.379 e. The predicted octanol–water partition coefficient (Wildman–Crippen LogP) is 3.29. The summed E-state index contributed by atoms with van der Waals surface area (Å²) in [4.78, 5) is 7.34. The smallest absolute Gasteiger partial charge is 0.191 e. The van der Waals surface area contributed by atoms with Crippen molar-refractivity contribution in [1.29, 1.82) is 0 Å². The molecule has 1 heterocycles. The fraction of sp³-hybridized carbons (Fsp3) is 0.632. The van der Waals surface area contributed by atoms with Crippen molar-refractivity contribution in [1.82, 2.24) is 15.5 Å². The molecule has 0 aromatic heterocycles. The summed E-state index contributed by atoms with van der Waals surface area (Å²) < 4.78 is 5.52. The lowest BCUT2D eigenvalue weighted by molar-refractivity contribution is 0.0179. The van der Waals surface area contributed by atoms with Crippen molar-refractivity contribution in [2.45, 2.75) is 32.4 Å². The van der Waals surface area contributed by atoms with Crippen LogP contribution < -0.4 is 10.6 Å². The van der Waals surface area contributed by atoms with Crippen LogP contribution >= 0.6 is 35.6 Å². The van der Waals surface area contributed by atoms with E-state index in [4.69, 9.17) is 21.3 Å².